The number of nitrogens with two attached hydrogens (primary N) is 2. The second kappa shape index (κ2) is 16.6. The summed E-state index contributed by atoms with van der Waals surface area (Å²) in [6.07, 6.45) is 6.47. The van der Waals surface area contributed by atoms with E-state index in [0.29, 0.717) is 31.6 Å². The molecule has 0 fully saturated rings. The van der Waals surface area contributed by atoms with Gasteiger partial charge in [-0.3, -0.25) is 19.4 Å². The number of carboxylic acid groups (broad SMARTS) is 1. The molecule has 0 aliphatic carbocycles. The normalized spacial score (nSPS) is 13.6. The van der Waals surface area contributed by atoms with Crippen molar-refractivity contribution in [2.45, 2.75) is 58.9 Å². The molecule has 0 aromatic heterocycles. The van der Waals surface area contributed by atoms with Gasteiger partial charge in [0.2, 0.25) is 11.8 Å². The van der Waals surface area contributed by atoms with E-state index in [-0.39, 0.29) is 36.7 Å². The second-order valence-electron chi connectivity index (χ2n) is 7.66. The maximum absolute atomic E-state index is 12.7. The Balaban J connectivity index is 4.82. The van der Waals surface area contributed by atoms with E-state index < -0.39 is 17.9 Å². The van der Waals surface area contributed by atoms with Gasteiger partial charge in [-0.1, -0.05) is 45.9 Å². The predicted molar refractivity (Wildman–Crippen MR) is 127 cm³/mol. The summed E-state index contributed by atoms with van der Waals surface area (Å²) < 4.78 is 0. The van der Waals surface area contributed by atoms with Crippen LogP contribution >= 0.6 is 0 Å². The number of nitrogens with zero attached hydrogens (tertiary/aromatic N) is 1. The van der Waals surface area contributed by atoms with Gasteiger partial charge in [0.15, 0.2) is 5.96 Å². The molecule has 0 saturated heterocycles. The van der Waals surface area contributed by atoms with Gasteiger partial charge in [0.1, 0.15) is 0 Å². The van der Waals surface area contributed by atoms with Crippen molar-refractivity contribution in [2.24, 2.45) is 28.3 Å². The summed E-state index contributed by atoms with van der Waals surface area (Å²) in [5, 5.41) is 17.4. The van der Waals surface area contributed by atoms with Crippen LogP contribution in [0.3, 0.4) is 0 Å². The van der Waals surface area contributed by atoms with Gasteiger partial charge >= 0.3 is 5.97 Å². The van der Waals surface area contributed by atoms with E-state index in [0.717, 1.165) is 12.8 Å². The topological polar surface area (TPSA) is 172 Å². The number of carbonyl (C=O) groups is 3. The molecule has 0 rings (SSSR count). The highest BCUT2D eigenvalue weighted by atomic mass is 16.4. The SMILES string of the molecule is C=C(NC/C=C/CC)C(CC(=O)O)NC(=O)CNC(=O)C(CCCN=C(N)N)C(C)CC. The van der Waals surface area contributed by atoms with Crippen LogP contribution in [0.5, 0.6) is 0 Å². The molecule has 32 heavy (non-hydrogen) atoms. The molecule has 8 N–H and O–H groups in total. The number of hydrogen-bond donors (Lipinski definition) is 6. The summed E-state index contributed by atoms with van der Waals surface area (Å²) in [5.74, 6) is -1.92. The monoisotopic (exact) mass is 452 g/mol. The fraction of sp³-hybridized carbons (Fsp3) is 0.636. The van der Waals surface area contributed by atoms with E-state index in [9.17, 15) is 14.4 Å². The molecule has 0 aromatic rings. The zero-order chi connectivity index (χ0) is 24.5. The van der Waals surface area contributed by atoms with Crippen molar-refractivity contribution in [1.82, 2.24) is 16.0 Å². The van der Waals surface area contributed by atoms with Gasteiger partial charge in [0.05, 0.1) is 19.0 Å². The van der Waals surface area contributed by atoms with Gasteiger partial charge in [-0.05, 0) is 25.2 Å². The highest BCUT2D eigenvalue weighted by Gasteiger charge is 2.25. The molecule has 0 radical (unpaired) electrons. The lowest BCUT2D eigenvalue weighted by atomic mass is 9.87. The third kappa shape index (κ3) is 13.3. The number of nitrogens with one attached hydrogen (secondary N) is 3. The maximum atomic E-state index is 12.7. The zero-order valence-corrected chi connectivity index (χ0v) is 19.5. The standard InChI is InChI=1S/C22H40N6O4/c1-5-7-8-11-25-16(4)18(13-20(30)31)28-19(29)14-27-21(32)17(15(3)6-2)10-9-12-26-22(23)24/h7-8,15,17-18,25H,4-6,9-14H2,1-3H3,(H,27,32)(H,28,29)(H,30,31)(H4,23,24,26)/b8-7+. The Hall–Kier alpha value is -3.04. The molecule has 0 aliphatic heterocycles. The Kier molecular flexibility index (Phi) is 15.0. The fourth-order valence-corrected chi connectivity index (χ4v) is 3.02. The van der Waals surface area contributed by atoms with Crippen LogP contribution in [0.4, 0.5) is 0 Å². The lowest BCUT2D eigenvalue weighted by Crippen LogP contribution is -2.47. The number of amides is 2. The summed E-state index contributed by atoms with van der Waals surface area (Å²) in [4.78, 5) is 40.1. The number of rotatable bonds is 17. The van der Waals surface area contributed by atoms with Crippen LogP contribution in [-0.4, -0.2) is 54.5 Å². The van der Waals surface area contributed by atoms with E-state index in [1.54, 1.807) is 0 Å². The first-order valence-electron chi connectivity index (χ1n) is 11.0. The molecular weight excluding hydrogens is 412 g/mol. The van der Waals surface area contributed by atoms with E-state index in [1.807, 2.05) is 32.9 Å². The largest absolute Gasteiger partial charge is 0.481 e. The van der Waals surface area contributed by atoms with E-state index in [1.165, 1.54) is 0 Å². The minimum Gasteiger partial charge on any atom is -0.481 e. The molecule has 182 valence electrons. The van der Waals surface area contributed by atoms with Gasteiger partial charge in [-0.15, -0.1) is 0 Å². The number of aliphatic imine (C=N–C) groups is 1. The van der Waals surface area contributed by atoms with Crippen LogP contribution in [-0.2, 0) is 14.4 Å². The van der Waals surface area contributed by atoms with Crippen LogP contribution in [0, 0.1) is 11.8 Å². The quantitative estimate of drug-likeness (QED) is 0.0821. The Morgan fingerprint density at radius 1 is 1.16 bits per heavy atom. The summed E-state index contributed by atoms with van der Waals surface area (Å²) in [7, 11) is 0. The lowest BCUT2D eigenvalue weighted by molar-refractivity contribution is -0.137. The average Bonchev–Trinajstić information content (AvgIpc) is 2.73. The molecule has 0 spiro atoms. The second-order valence-corrected chi connectivity index (χ2v) is 7.66. The predicted octanol–water partition coefficient (Wildman–Crippen LogP) is 0.848. The highest BCUT2D eigenvalue weighted by Crippen LogP contribution is 2.21. The molecule has 0 saturated carbocycles. The summed E-state index contributed by atoms with van der Waals surface area (Å²) in [6, 6.07) is -0.795. The van der Waals surface area contributed by atoms with Crippen LogP contribution < -0.4 is 27.4 Å². The van der Waals surface area contributed by atoms with Gasteiger partial charge in [0.25, 0.3) is 0 Å². The third-order valence-corrected chi connectivity index (χ3v) is 5.04. The Bertz CT molecular complexity index is 673. The van der Waals surface area contributed by atoms with Crippen molar-refractivity contribution >= 4 is 23.7 Å². The third-order valence-electron chi connectivity index (χ3n) is 5.04. The number of allylic oxidation sites excluding steroid dienone is 1. The van der Waals surface area contributed by atoms with Gasteiger partial charge in [-0.2, -0.15) is 0 Å². The van der Waals surface area contributed by atoms with Gasteiger partial charge in [0, 0.05) is 24.7 Å². The molecule has 0 aromatic carbocycles. The first kappa shape index (κ1) is 29.0. The number of carboxylic acids is 1. The summed E-state index contributed by atoms with van der Waals surface area (Å²) in [6.45, 7) is 10.5. The van der Waals surface area contributed by atoms with E-state index in [4.69, 9.17) is 16.6 Å². The van der Waals surface area contributed by atoms with Crippen LogP contribution in [0.15, 0.2) is 29.4 Å². The van der Waals surface area contributed by atoms with Crippen LogP contribution in [0.2, 0.25) is 0 Å². The van der Waals surface area contributed by atoms with Gasteiger partial charge < -0.3 is 32.5 Å². The van der Waals surface area contributed by atoms with Crippen LogP contribution in [0.1, 0.15) is 52.9 Å². The molecule has 2 amide bonds. The van der Waals surface area contributed by atoms with Crippen molar-refractivity contribution in [3.05, 3.63) is 24.4 Å². The average molecular weight is 453 g/mol. The van der Waals surface area contributed by atoms with Gasteiger partial charge in [-0.25, -0.2) is 0 Å². The fourth-order valence-electron chi connectivity index (χ4n) is 3.02. The Labute approximate surface area is 191 Å². The molecule has 3 unspecified atom stereocenters. The van der Waals surface area contributed by atoms with Crippen molar-refractivity contribution in [3.8, 4) is 0 Å². The minimum atomic E-state index is -1.07. The molecule has 0 bridgehead atoms. The molecule has 10 heteroatoms. The summed E-state index contributed by atoms with van der Waals surface area (Å²) >= 11 is 0. The smallest absolute Gasteiger partial charge is 0.305 e. The first-order chi connectivity index (χ1) is 15.1. The summed E-state index contributed by atoms with van der Waals surface area (Å²) in [5.41, 5.74) is 11.0. The van der Waals surface area contributed by atoms with Crippen molar-refractivity contribution in [3.63, 3.8) is 0 Å². The number of aliphatic carboxylic acids is 1. The molecule has 10 nitrogen and oxygen atoms in total. The first-order valence-corrected chi connectivity index (χ1v) is 11.0. The number of hydrogen-bond acceptors (Lipinski definition) is 5. The highest BCUT2D eigenvalue weighted by molar-refractivity contribution is 5.86. The Morgan fingerprint density at radius 2 is 1.84 bits per heavy atom. The van der Waals surface area contributed by atoms with E-state index in [2.05, 4.69) is 27.5 Å². The molecule has 3 atom stereocenters. The zero-order valence-electron chi connectivity index (χ0n) is 19.5. The van der Waals surface area contributed by atoms with Crippen LogP contribution in [0.25, 0.3) is 0 Å². The molecular formula is C22H40N6O4. The van der Waals surface area contributed by atoms with Crippen molar-refractivity contribution < 1.29 is 19.5 Å². The maximum Gasteiger partial charge on any atom is 0.305 e. The van der Waals surface area contributed by atoms with Crippen molar-refractivity contribution in [2.75, 3.05) is 19.6 Å². The van der Waals surface area contributed by atoms with E-state index >= 15 is 0 Å². The molecule has 0 aliphatic rings. The molecule has 0 heterocycles. The number of guanidine groups is 1. The van der Waals surface area contributed by atoms with Crippen molar-refractivity contribution in [1.29, 1.82) is 0 Å². The minimum absolute atomic E-state index is 0.0135. The Morgan fingerprint density at radius 3 is 2.41 bits per heavy atom. The number of carbonyl (C=O) groups excluding carboxylic acids is 2. The lowest BCUT2D eigenvalue weighted by Gasteiger charge is -2.23.